The molecule has 2 aliphatic carbocycles. The Kier molecular flexibility index (Phi) is 3.17. The molecule has 0 unspecified atom stereocenters. The number of para-hydroxylation sites is 1. The first-order valence-corrected chi connectivity index (χ1v) is 7.52. The van der Waals surface area contributed by atoms with Crippen LogP contribution in [0, 0.1) is 0 Å². The Morgan fingerprint density at radius 2 is 1.58 bits per heavy atom. The van der Waals surface area contributed by atoms with E-state index in [9.17, 15) is 14.7 Å². The van der Waals surface area contributed by atoms with Gasteiger partial charge < -0.3 is 10.4 Å². The van der Waals surface area contributed by atoms with Crippen LogP contribution in [0.15, 0.2) is 60.7 Å². The van der Waals surface area contributed by atoms with Crippen LogP contribution in [0.2, 0.25) is 0 Å². The predicted molar refractivity (Wildman–Crippen MR) is 93.0 cm³/mol. The Morgan fingerprint density at radius 1 is 0.917 bits per heavy atom. The summed E-state index contributed by atoms with van der Waals surface area (Å²) < 4.78 is 0. The fourth-order valence-corrected chi connectivity index (χ4v) is 3.08. The highest BCUT2D eigenvalue weighted by Crippen LogP contribution is 2.37. The van der Waals surface area contributed by atoms with E-state index in [0.717, 1.165) is 22.4 Å². The fraction of sp³-hybridized carbons (Fsp3) is 0. The van der Waals surface area contributed by atoms with Crippen molar-refractivity contribution in [1.29, 1.82) is 0 Å². The van der Waals surface area contributed by atoms with Gasteiger partial charge in [-0.15, -0.1) is 0 Å². The number of rotatable bonds is 2. The summed E-state index contributed by atoms with van der Waals surface area (Å²) in [6.45, 7) is 0. The molecular formula is C20H13NO3. The highest BCUT2D eigenvalue weighted by molar-refractivity contribution is 6.35. The lowest BCUT2D eigenvalue weighted by Gasteiger charge is -1.99. The number of carboxylic acids is 1. The van der Waals surface area contributed by atoms with E-state index in [1.807, 2.05) is 48.5 Å². The largest absolute Gasteiger partial charge is 0.478 e. The van der Waals surface area contributed by atoms with Gasteiger partial charge in [-0.05, 0) is 34.9 Å². The zero-order chi connectivity index (χ0) is 16.7. The molecule has 3 aliphatic rings. The molecule has 24 heavy (non-hydrogen) atoms. The van der Waals surface area contributed by atoms with Crippen molar-refractivity contribution in [3.8, 4) is 11.1 Å². The lowest BCUT2D eigenvalue weighted by Crippen LogP contribution is -2.03. The molecule has 4 nitrogen and oxygen atoms in total. The van der Waals surface area contributed by atoms with E-state index in [2.05, 4.69) is 5.32 Å². The summed E-state index contributed by atoms with van der Waals surface area (Å²) in [6.07, 6.45) is 1.76. The smallest absolute Gasteiger partial charge is 0.336 e. The first-order valence-electron chi connectivity index (χ1n) is 7.52. The summed E-state index contributed by atoms with van der Waals surface area (Å²) in [5, 5.41) is 12.3. The summed E-state index contributed by atoms with van der Waals surface area (Å²) in [5.41, 5.74) is 4.57. The first-order chi connectivity index (χ1) is 11.6. The SMILES string of the molecule is O=C1Nc2ccccc2/C1=C\c1cc(C(=O)O)c2cccccc1-2. The number of benzene rings is 1. The number of amides is 1. The summed E-state index contributed by atoms with van der Waals surface area (Å²) in [4.78, 5) is 23.8. The molecule has 0 atom stereocenters. The van der Waals surface area contributed by atoms with Crippen molar-refractivity contribution in [3.05, 3.63) is 77.4 Å². The lowest BCUT2D eigenvalue weighted by molar-refractivity contribution is -0.110. The highest BCUT2D eigenvalue weighted by Gasteiger charge is 2.25. The number of nitrogens with one attached hydrogen (secondary N) is 1. The van der Waals surface area contributed by atoms with Gasteiger partial charge in [0.05, 0.1) is 5.56 Å². The molecule has 4 rings (SSSR count). The number of hydrogen-bond acceptors (Lipinski definition) is 2. The van der Waals surface area contributed by atoms with Crippen molar-refractivity contribution in [3.63, 3.8) is 0 Å². The monoisotopic (exact) mass is 315 g/mol. The van der Waals surface area contributed by atoms with E-state index >= 15 is 0 Å². The minimum Gasteiger partial charge on any atom is -0.478 e. The molecule has 0 bridgehead atoms. The molecular weight excluding hydrogens is 302 g/mol. The maximum atomic E-state index is 12.3. The van der Waals surface area contributed by atoms with E-state index in [0.29, 0.717) is 11.1 Å². The molecule has 0 radical (unpaired) electrons. The highest BCUT2D eigenvalue weighted by atomic mass is 16.4. The molecule has 0 saturated heterocycles. The van der Waals surface area contributed by atoms with Gasteiger partial charge in [0.25, 0.3) is 5.91 Å². The van der Waals surface area contributed by atoms with Crippen molar-refractivity contribution >= 4 is 29.2 Å². The van der Waals surface area contributed by atoms with Gasteiger partial charge in [0.1, 0.15) is 0 Å². The van der Waals surface area contributed by atoms with Gasteiger partial charge in [0.2, 0.25) is 0 Å². The quantitative estimate of drug-likeness (QED) is 0.703. The van der Waals surface area contributed by atoms with E-state index < -0.39 is 5.97 Å². The third kappa shape index (κ3) is 2.16. The van der Waals surface area contributed by atoms with Crippen molar-refractivity contribution in [2.45, 2.75) is 0 Å². The zero-order valence-corrected chi connectivity index (χ0v) is 12.6. The summed E-state index contributed by atoms with van der Waals surface area (Å²) >= 11 is 0. The lowest BCUT2D eigenvalue weighted by atomic mass is 10.0. The maximum absolute atomic E-state index is 12.3. The molecule has 0 spiro atoms. The molecule has 4 heteroatoms. The van der Waals surface area contributed by atoms with Crippen LogP contribution >= 0.6 is 0 Å². The molecule has 0 fully saturated rings. The Morgan fingerprint density at radius 3 is 2.38 bits per heavy atom. The molecule has 1 aliphatic heterocycles. The number of fused-ring (bicyclic) bond motifs is 2. The van der Waals surface area contributed by atoms with Crippen LogP contribution in [-0.4, -0.2) is 17.0 Å². The number of aromatic carboxylic acids is 1. The third-order valence-corrected chi connectivity index (χ3v) is 4.18. The van der Waals surface area contributed by atoms with Crippen LogP contribution in [0.1, 0.15) is 21.5 Å². The minimum absolute atomic E-state index is 0.178. The Labute approximate surface area is 138 Å². The number of carboxylic acid groups (broad SMARTS) is 1. The Bertz CT molecular complexity index is 988. The van der Waals surface area contributed by atoms with Crippen LogP contribution in [-0.2, 0) is 4.79 Å². The minimum atomic E-state index is -0.980. The molecule has 0 saturated carbocycles. The van der Waals surface area contributed by atoms with Gasteiger partial charge in [-0.3, -0.25) is 4.79 Å². The van der Waals surface area contributed by atoms with Crippen LogP contribution in [0.5, 0.6) is 0 Å². The summed E-state index contributed by atoms with van der Waals surface area (Å²) in [6, 6.07) is 18.2. The molecule has 1 aromatic carbocycles. The standard InChI is InChI=1S/C20H13NO3/c22-19-16(15-8-4-5-9-18(15)21-19)10-12-11-17(20(23)24)14-7-3-1-2-6-13(12)14/h1-11H,(H,21,22)(H,23,24)/b16-10+. The number of carbonyl (C=O) groups is 2. The topological polar surface area (TPSA) is 66.4 Å². The normalized spacial score (nSPS) is 14.7. The van der Waals surface area contributed by atoms with Crippen LogP contribution < -0.4 is 5.32 Å². The van der Waals surface area contributed by atoms with Crippen molar-refractivity contribution in [2.75, 3.05) is 5.32 Å². The van der Waals surface area contributed by atoms with E-state index in [1.165, 1.54) is 0 Å². The first kappa shape index (κ1) is 14.2. The van der Waals surface area contributed by atoms with E-state index in [4.69, 9.17) is 0 Å². The van der Waals surface area contributed by atoms with Crippen molar-refractivity contribution < 1.29 is 14.7 Å². The van der Waals surface area contributed by atoms with Crippen LogP contribution in [0.4, 0.5) is 5.69 Å². The number of carbonyl (C=O) groups excluding carboxylic acids is 1. The van der Waals surface area contributed by atoms with E-state index in [-0.39, 0.29) is 11.5 Å². The average molecular weight is 315 g/mol. The van der Waals surface area contributed by atoms with Crippen LogP contribution in [0.3, 0.4) is 0 Å². The van der Waals surface area contributed by atoms with Gasteiger partial charge in [-0.1, -0.05) is 48.5 Å². The summed E-state index contributed by atoms with van der Waals surface area (Å²) in [7, 11) is 0. The average Bonchev–Trinajstić information content (AvgIpc) is 2.95. The Balaban J connectivity index is 1.93. The number of hydrogen-bond donors (Lipinski definition) is 2. The van der Waals surface area contributed by atoms with Gasteiger partial charge in [-0.25, -0.2) is 4.79 Å². The molecule has 1 aromatic rings. The van der Waals surface area contributed by atoms with E-state index in [1.54, 1.807) is 18.2 Å². The second kappa shape index (κ2) is 5.35. The molecule has 2 N–H and O–H groups in total. The summed E-state index contributed by atoms with van der Waals surface area (Å²) in [5.74, 6) is -1.16. The Hall–Kier alpha value is -3.40. The molecule has 1 amide bonds. The predicted octanol–water partition coefficient (Wildman–Crippen LogP) is 3.98. The van der Waals surface area contributed by atoms with Gasteiger partial charge in [0.15, 0.2) is 0 Å². The van der Waals surface area contributed by atoms with Gasteiger partial charge in [-0.2, -0.15) is 0 Å². The van der Waals surface area contributed by atoms with Crippen LogP contribution in [0.25, 0.3) is 22.8 Å². The van der Waals surface area contributed by atoms with Gasteiger partial charge in [0, 0.05) is 16.8 Å². The fourth-order valence-electron chi connectivity index (χ4n) is 3.08. The number of anilines is 1. The second-order valence-electron chi connectivity index (χ2n) is 5.61. The maximum Gasteiger partial charge on any atom is 0.336 e. The second-order valence-corrected chi connectivity index (χ2v) is 5.61. The van der Waals surface area contributed by atoms with Crippen molar-refractivity contribution in [2.24, 2.45) is 0 Å². The zero-order valence-electron chi connectivity index (χ0n) is 12.6. The molecule has 0 aromatic heterocycles. The molecule has 116 valence electrons. The van der Waals surface area contributed by atoms with Gasteiger partial charge >= 0.3 is 5.97 Å². The third-order valence-electron chi connectivity index (χ3n) is 4.18. The van der Waals surface area contributed by atoms with Crippen molar-refractivity contribution in [1.82, 2.24) is 0 Å². The molecule has 1 heterocycles.